The summed E-state index contributed by atoms with van der Waals surface area (Å²) in [5, 5.41) is 0.329. The van der Waals surface area contributed by atoms with Crippen LogP contribution in [-0.4, -0.2) is 50.2 Å². The highest BCUT2D eigenvalue weighted by Gasteiger charge is 2.57. The van der Waals surface area contributed by atoms with Crippen molar-refractivity contribution in [2.24, 2.45) is 0 Å². The second-order valence-corrected chi connectivity index (χ2v) is 6.23. The average Bonchev–Trinajstić information content (AvgIpc) is 3.02. The number of hydrogen-bond acceptors (Lipinski definition) is 8. The van der Waals surface area contributed by atoms with Gasteiger partial charge in [-0.25, -0.2) is 14.4 Å². The standard InChI is InChI=1S/C17H16BrNO8/c1-8(20)27-17(15(22)25-3,16(23)26-4)13-12(14(21)24-2)10-7-9(18)5-6-11(10)19-13/h5-7,19H,1-4H3. The zero-order valence-corrected chi connectivity index (χ0v) is 16.5. The van der Waals surface area contributed by atoms with Crippen LogP contribution >= 0.6 is 15.9 Å². The third-order valence-corrected chi connectivity index (χ3v) is 4.24. The van der Waals surface area contributed by atoms with Gasteiger partial charge in [-0.2, -0.15) is 0 Å². The molecule has 0 radical (unpaired) electrons. The van der Waals surface area contributed by atoms with Crippen molar-refractivity contribution in [1.82, 2.24) is 4.98 Å². The summed E-state index contributed by atoms with van der Waals surface area (Å²) in [6.45, 7) is 0.998. The first-order valence-corrected chi connectivity index (χ1v) is 8.28. The van der Waals surface area contributed by atoms with Crippen LogP contribution in [0.4, 0.5) is 0 Å². The fourth-order valence-corrected chi connectivity index (χ4v) is 3.03. The molecule has 9 nitrogen and oxygen atoms in total. The molecule has 1 aromatic carbocycles. The molecule has 2 rings (SSSR count). The highest BCUT2D eigenvalue weighted by molar-refractivity contribution is 9.10. The maximum atomic E-state index is 12.6. The predicted molar refractivity (Wildman–Crippen MR) is 94.8 cm³/mol. The van der Waals surface area contributed by atoms with Crippen LogP contribution in [0.5, 0.6) is 0 Å². The summed E-state index contributed by atoms with van der Waals surface area (Å²) in [6.07, 6.45) is 0. The predicted octanol–water partition coefficient (Wildman–Crippen LogP) is 1.82. The largest absolute Gasteiger partial charge is 0.465 e. The quantitative estimate of drug-likeness (QED) is 0.423. The molecule has 1 heterocycles. The van der Waals surface area contributed by atoms with E-state index in [2.05, 4.69) is 30.4 Å². The van der Waals surface area contributed by atoms with Crippen LogP contribution in [-0.2, 0) is 38.9 Å². The molecule has 0 atom stereocenters. The Balaban J connectivity index is 2.99. The van der Waals surface area contributed by atoms with Gasteiger partial charge in [0.25, 0.3) is 0 Å². The minimum Gasteiger partial charge on any atom is -0.465 e. The number of nitrogens with one attached hydrogen (secondary N) is 1. The molecule has 144 valence electrons. The molecule has 10 heteroatoms. The van der Waals surface area contributed by atoms with Crippen molar-refractivity contribution in [3.63, 3.8) is 0 Å². The van der Waals surface area contributed by atoms with Crippen molar-refractivity contribution in [1.29, 1.82) is 0 Å². The minimum atomic E-state index is -2.68. The molecule has 2 aromatic rings. The van der Waals surface area contributed by atoms with E-state index in [0.29, 0.717) is 15.4 Å². The Morgan fingerprint density at radius 2 is 1.59 bits per heavy atom. The van der Waals surface area contributed by atoms with Gasteiger partial charge < -0.3 is 23.9 Å². The topological polar surface area (TPSA) is 121 Å². The van der Waals surface area contributed by atoms with Crippen LogP contribution in [0.3, 0.4) is 0 Å². The first-order chi connectivity index (χ1) is 12.7. The van der Waals surface area contributed by atoms with Crippen LogP contribution in [0.25, 0.3) is 10.9 Å². The SMILES string of the molecule is COC(=O)c1c(C(OC(C)=O)(C(=O)OC)C(=O)OC)[nH]c2ccc(Br)cc12. The molecule has 0 bridgehead atoms. The highest BCUT2D eigenvalue weighted by atomic mass is 79.9. The number of benzene rings is 1. The van der Waals surface area contributed by atoms with Crippen LogP contribution in [0, 0.1) is 0 Å². The summed E-state index contributed by atoms with van der Waals surface area (Å²) in [5.41, 5.74) is -2.80. The van der Waals surface area contributed by atoms with E-state index in [4.69, 9.17) is 9.47 Å². The third-order valence-electron chi connectivity index (χ3n) is 3.74. The molecule has 0 spiro atoms. The summed E-state index contributed by atoms with van der Waals surface area (Å²) in [4.78, 5) is 52.2. The number of rotatable bonds is 5. The highest BCUT2D eigenvalue weighted by Crippen LogP contribution is 2.37. The summed E-state index contributed by atoms with van der Waals surface area (Å²) < 4.78 is 19.9. The smallest absolute Gasteiger partial charge is 0.368 e. The summed E-state index contributed by atoms with van der Waals surface area (Å²) in [5.74, 6) is -4.33. The van der Waals surface area contributed by atoms with E-state index in [9.17, 15) is 19.2 Å². The molecule has 0 saturated heterocycles. The number of carbonyl (C=O) groups is 4. The molecule has 0 aliphatic carbocycles. The van der Waals surface area contributed by atoms with E-state index in [1.165, 1.54) is 0 Å². The second-order valence-electron chi connectivity index (χ2n) is 5.31. The van der Waals surface area contributed by atoms with Crippen molar-refractivity contribution in [3.8, 4) is 0 Å². The lowest BCUT2D eigenvalue weighted by Gasteiger charge is -2.27. The number of carbonyl (C=O) groups excluding carboxylic acids is 4. The summed E-state index contributed by atoms with van der Waals surface area (Å²) in [7, 11) is 3.13. The minimum absolute atomic E-state index is 0.175. The number of hydrogen-bond donors (Lipinski definition) is 1. The zero-order valence-electron chi connectivity index (χ0n) is 14.9. The third kappa shape index (κ3) is 3.39. The van der Waals surface area contributed by atoms with Crippen molar-refractivity contribution in [3.05, 3.63) is 33.9 Å². The normalized spacial score (nSPS) is 11.0. The lowest BCUT2D eigenvalue weighted by molar-refractivity contribution is -0.195. The molecule has 0 unspecified atom stereocenters. The van der Waals surface area contributed by atoms with Crippen molar-refractivity contribution < 1.29 is 38.1 Å². The van der Waals surface area contributed by atoms with Crippen LogP contribution in [0.1, 0.15) is 23.0 Å². The van der Waals surface area contributed by atoms with E-state index in [0.717, 1.165) is 28.3 Å². The molecule has 1 aromatic heterocycles. The first-order valence-electron chi connectivity index (χ1n) is 7.49. The molecule has 0 saturated carbocycles. The van der Waals surface area contributed by atoms with E-state index in [1.54, 1.807) is 18.2 Å². The fourth-order valence-electron chi connectivity index (χ4n) is 2.67. The Morgan fingerprint density at radius 1 is 1.00 bits per heavy atom. The number of esters is 4. The van der Waals surface area contributed by atoms with Gasteiger partial charge in [0.1, 0.15) is 0 Å². The van der Waals surface area contributed by atoms with Crippen molar-refractivity contribution >= 4 is 50.7 Å². The lowest BCUT2D eigenvalue weighted by Crippen LogP contribution is -2.50. The number of aromatic nitrogens is 1. The van der Waals surface area contributed by atoms with Gasteiger partial charge >= 0.3 is 29.5 Å². The van der Waals surface area contributed by atoms with E-state index < -0.39 is 29.5 Å². The molecule has 0 amide bonds. The van der Waals surface area contributed by atoms with Gasteiger partial charge in [0.15, 0.2) is 0 Å². The molecule has 0 aliphatic heterocycles. The van der Waals surface area contributed by atoms with Gasteiger partial charge in [-0.1, -0.05) is 15.9 Å². The lowest BCUT2D eigenvalue weighted by atomic mass is 9.94. The van der Waals surface area contributed by atoms with Gasteiger partial charge in [-0.15, -0.1) is 0 Å². The van der Waals surface area contributed by atoms with E-state index in [1.807, 2.05) is 0 Å². The van der Waals surface area contributed by atoms with E-state index >= 15 is 0 Å². The summed E-state index contributed by atoms with van der Waals surface area (Å²) >= 11 is 3.29. The fraction of sp³-hybridized carbons (Fsp3) is 0.294. The Morgan fingerprint density at radius 3 is 2.07 bits per heavy atom. The number of H-pyrrole nitrogens is 1. The Hall–Kier alpha value is -2.88. The van der Waals surface area contributed by atoms with E-state index in [-0.39, 0.29) is 11.3 Å². The Kier molecular flexibility index (Phi) is 5.89. The maximum absolute atomic E-state index is 12.6. The van der Waals surface area contributed by atoms with Gasteiger partial charge in [-0.05, 0) is 18.2 Å². The number of fused-ring (bicyclic) bond motifs is 1. The average molecular weight is 442 g/mol. The zero-order chi connectivity index (χ0) is 20.4. The molecular formula is C17H16BrNO8. The Labute approximate surface area is 162 Å². The van der Waals surface area contributed by atoms with Crippen molar-refractivity contribution in [2.75, 3.05) is 21.3 Å². The maximum Gasteiger partial charge on any atom is 0.368 e. The van der Waals surface area contributed by atoms with Crippen LogP contribution < -0.4 is 0 Å². The van der Waals surface area contributed by atoms with Gasteiger partial charge in [-0.3, -0.25) is 4.79 Å². The first kappa shape index (κ1) is 20.4. The monoisotopic (exact) mass is 441 g/mol. The van der Waals surface area contributed by atoms with Crippen LogP contribution in [0.15, 0.2) is 22.7 Å². The molecular weight excluding hydrogens is 426 g/mol. The second kappa shape index (κ2) is 7.78. The van der Waals surface area contributed by atoms with Gasteiger partial charge in [0.05, 0.1) is 32.6 Å². The molecule has 0 aliphatic rings. The Bertz CT molecular complexity index is 916. The molecule has 27 heavy (non-hydrogen) atoms. The number of aromatic amines is 1. The molecule has 0 fully saturated rings. The number of halogens is 1. The van der Waals surface area contributed by atoms with Crippen molar-refractivity contribution in [2.45, 2.75) is 12.5 Å². The van der Waals surface area contributed by atoms with Crippen LogP contribution in [0.2, 0.25) is 0 Å². The number of ether oxygens (including phenoxy) is 4. The van der Waals surface area contributed by atoms with Gasteiger partial charge in [0, 0.05) is 22.3 Å². The number of methoxy groups -OCH3 is 3. The van der Waals surface area contributed by atoms with Gasteiger partial charge in [0.2, 0.25) is 0 Å². The molecule has 1 N–H and O–H groups in total. The summed E-state index contributed by atoms with van der Waals surface area (Å²) in [6, 6.07) is 4.85.